The van der Waals surface area contributed by atoms with E-state index in [9.17, 15) is 0 Å². The van der Waals surface area contributed by atoms with Crippen molar-refractivity contribution in [3.63, 3.8) is 0 Å². The number of ether oxygens (including phenoxy) is 1. The van der Waals surface area contributed by atoms with Gasteiger partial charge in [-0.25, -0.2) is 0 Å². The lowest BCUT2D eigenvalue weighted by Crippen LogP contribution is -2.54. The van der Waals surface area contributed by atoms with Gasteiger partial charge in [-0.05, 0) is 25.1 Å². The van der Waals surface area contributed by atoms with E-state index in [-0.39, 0.29) is 12.4 Å². The van der Waals surface area contributed by atoms with Gasteiger partial charge in [-0.15, -0.1) is 12.4 Å². The Morgan fingerprint density at radius 3 is 2.82 bits per heavy atom. The molecule has 0 aromatic heterocycles. The lowest BCUT2D eigenvalue weighted by Gasteiger charge is -2.28. The van der Waals surface area contributed by atoms with Crippen LogP contribution in [0, 0.1) is 0 Å². The summed E-state index contributed by atoms with van der Waals surface area (Å²) in [5.41, 5.74) is 1.13. The van der Waals surface area contributed by atoms with Crippen molar-refractivity contribution in [2.45, 2.75) is 19.5 Å². The second kappa shape index (κ2) is 7.07. The zero-order valence-corrected chi connectivity index (χ0v) is 11.4. The van der Waals surface area contributed by atoms with Gasteiger partial charge < -0.3 is 15.4 Å². The molecule has 0 atom stereocenters. The summed E-state index contributed by atoms with van der Waals surface area (Å²) >= 11 is 5.98. The van der Waals surface area contributed by atoms with E-state index in [1.807, 2.05) is 25.1 Å². The van der Waals surface area contributed by atoms with Crippen molar-refractivity contribution in [3.05, 3.63) is 28.8 Å². The summed E-state index contributed by atoms with van der Waals surface area (Å²) in [6.45, 7) is 5.57. The Balaban J connectivity index is 0.00000144. The first-order valence-electron chi connectivity index (χ1n) is 5.65. The van der Waals surface area contributed by atoms with E-state index in [4.69, 9.17) is 16.3 Å². The van der Waals surface area contributed by atoms with E-state index in [0.29, 0.717) is 12.6 Å². The molecular formula is C12H18Cl2N2O. The van der Waals surface area contributed by atoms with Gasteiger partial charge in [0.2, 0.25) is 0 Å². The molecule has 0 spiro atoms. The average molecular weight is 277 g/mol. The highest BCUT2D eigenvalue weighted by molar-refractivity contribution is 6.30. The number of halogens is 2. The molecule has 1 aromatic rings. The van der Waals surface area contributed by atoms with Crippen LogP contribution in [0.5, 0.6) is 5.75 Å². The molecule has 2 N–H and O–H groups in total. The number of nitrogens with one attached hydrogen (secondary N) is 2. The van der Waals surface area contributed by atoms with Crippen LogP contribution in [0.4, 0.5) is 0 Å². The maximum Gasteiger partial charge on any atom is 0.123 e. The maximum absolute atomic E-state index is 5.98. The van der Waals surface area contributed by atoms with Crippen molar-refractivity contribution in [2.75, 3.05) is 19.7 Å². The highest BCUT2D eigenvalue weighted by atomic mass is 35.5. The third-order valence-corrected chi connectivity index (χ3v) is 2.92. The molecule has 0 amide bonds. The molecule has 1 saturated heterocycles. The van der Waals surface area contributed by atoms with Crippen LogP contribution >= 0.6 is 24.0 Å². The zero-order chi connectivity index (χ0) is 11.4. The highest BCUT2D eigenvalue weighted by Crippen LogP contribution is 2.23. The van der Waals surface area contributed by atoms with Gasteiger partial charge in [0.05, 0.1) is 6.61 Å². The lowest BCUT2D eigenvalue weighted by atomic mass is 10.1. The molecule has 5 heteroatoms. The Bertz CT molecular complexity index is 356. The largest absolute Gasteiger partial charge is 0.494 e. The normalized spacial score (nSPS) is 14.9. The molecule has 3 nitrogen and oxygen atoms in total. The number of hydrogen-bond acceptors (Lipinski definition) is 3. The first-order valence-corrected chi connectivity index (χ1v) is 6.02. The summed E-state index contributed by atoms with van der Waals surface area (Å²) < 4.78 is 5.56. The van der Waals surface area contributed by atoms with Crippen LogP contribution in [0.15, 0.2) is 18.2 Å². The lowest BCUT2D eigenvalue weighted by molar-refractivity contribution is 0.329. The van der Waals surface area contributed by atoms with Crippen LogP contribution in [0.2, 0.25) is 5.02 Å². The summed E-state index contributed by atoms with van der Waals surface area (Å²) in [5.74, 6) is 0.923. The molecule has 0 unspecified atom stereocenters. The van der Waals surface area contributed by atoms with Gasteiger partial charge in [-0.1, -0.05) is 11.6 Å². The monoisotopic (exact) mass is 276 g/mol. The third-order valence-electron chi connectivity index (χ3n) is 2.69. The molecule has 17 heavy (non-hydrogen) atoms. The molecule has 2 rings (SSSR count). The summed E-state index contributed by atoms with van der Waals surface area (Å²) in [6.07, 6.45) is 0. The van der Waals surface area contributed by atoms with Crippen molar-refractivity contribution in [2.24, 2.45) is 0 Å². The van der Waals surface area contributed by atoms with Crippen LogP contribution in [0.1, 0.15) is 12.5 Å². The molecule has 1 aliphatic rings. The Labute approximate surface area is 113 Å². The van der Waals surface area contributed by atoms with Crippen LogP contribution < -0.4 is 15.4 Å². The fourth-order valence-electron chi connectivity index (χ4n) is 1.67. The Kier molecular flexibility index (Phi) is 6.06. The van der Waals surface area contributed by atoms with E-state index < -0.39 is 0 Å². The molecule has 0 bridgehead atoms. The van der Waals surface area contributed by atoms with E-state index in [1.54, 1.807) is 0 Å². The van der Waals surface area contributed by atoms with Gasteiger partial charge in [0.15, 0.2) is 0 Å². The predicted octanol–water partition coefficient (Wildman–Crippen LogP) is 2.22. The molecule has 0 aliphatic carbocycles. The second-order valence-electron chi connectivity index (χ2n) is 3.92. The minimum atomic E-state index is 0. The topological polar surface area (TPSA) is 33.3 Å². The Morgan fingerprint density at radius 2 is 2.24 bits per heavy atom. The van der Waals surface area contributed by atoms with E-state index in [0.717, 1.165) is 36.0 Å². The molecule has 1 heterocycles. The third kappa shape index (κ3) is 4.03. The minimum absolute atomic E-state index is 0. The number of benzene rings is 1. The first kappa shape index (κ1) is 14.6. The van der Waals surface area contributed by atoms with Crippen molar-refractivity contribution in [3.8, 4) is 5.75 Å². The van der Waals surface area contributed by atoms with Crippen molar-refractivity contribution < 1.29 is 4.74 Å². The van der Waals surface area contributed by atoms with Gasteiger partial charge in [-0.2, -0.15) is 0 Å². The van der Waals surface area contributed by atoms with Gasteiger partial charge in [-0.3, -0.25) is 0 Å². The minimum Gasteiger partial charge on any atom is -0.494 e. The second-order valence-corrected chi connectivity index (χ2v) is 4.36. The Hall–Kier alpha value is -0.480. The van der Waals surface area contributed by atoms with Gasteiger partial charge in [0.1, 0.15) is 5.75 Å². The van der Waals surface area contributed by atoms with Gasteiger partial charge in [0.25, 0.3) is 0 Å². The fraction of sp³-hybridized carbons (Fsp3) is 0.500. The number of rotatable bonds is 5. The van der Waals surface area contributed by atoms with Crippen LogP contribution in [-0.2, 0) is 6.54 Å². The zero-order valence-electron chi connectivity index (χ0n) is 9.83. The molecule has 0 saturated carbocycles. The van der Waals surface area contributed by atoms with Crippen molar-refractivity contribution >= 4 is 24.0 Å². The predicted molar refractivity (Wildman–Crippen MR) is 73.4 cm³/mol. The van der Waals surface area contributed by atoms with Crippen molar-refractivity contribution in [1.82, 2.24) is 10.6 Å². The average Bonchev–Trinajstić information content (AvgIpc) is 2.20. The van der Waals surface area contributed by atoms with E-state index >= 15 is 0 Å². The fourth-order valence-corrected chi connectivity index (χ4v) is 1.86. The van der Waals surface area contributed by atoms with Gasteiger partial charge in [0, 0.05) is 36.3 Å². The summed E-state index contributed by atoms with van der Waals surface area (Å²) in [7, 11) is 0. The van der Waals surface area contributed by atoms with E-state index in [2.05, 4.69) is 10.6 Å². The number of hydrogen-bond donors (Lipinski definition) is 2. The summed E-state index contributed by atoms with van der Waals surface area (Å²) in [6, 6.07) is 6.34. The van der Waals surface area contributed by atoms with Crippen LogP contribution in [0.25, 0.3) is 0 Å². The highest BCUT2D eigenvalue weighted by Gasteiger charge is 2.16. The van der Waals surface area contributed by atoms with Gasteiger partial charge >= 0.3 is 0 Å². The SMILES string of the molecule is CCOc1ccc(Cl)cc1CNC1CNC1.Cl. The quantitative estimate of drug-likeness (QED) is 0.866. The summed E-state index contributed by atoms with van der Waals surface area (Å²) in [4.78, 5) is 0. The Morgan fingerprint density at radius 1 is 1.47 bits per heavy atom. The molecule has 1 aliphatic heterocycles. The summed E-state index contributed by atoms with van der Waals surface area (Å²) in [5, 5.41) is 7.45. The first-order chi connectivity index (χ1) is 7.79. The molecule has 0 radical (unpaired) electrons. The standard InChI is InChI=1S/C12H17ClN2O.ClH/c1-2-16-12-4-3-10(13)5-9(12)6-15-11-7-14-8-11;/h3-5,11,14-15H,2,6-8H2,1H3;1H. The smallest absolute Gasteiger partial charge is 0.123 e. The molecule has 1 fully saturated rings. The molecular weight excluding hydrogens is 259 g/mol. The van der Waals surface area contributed by atoms with Crippen LogP contribution in [0.3, 0.4) is 0 Å². The molecule has 1 aromatic carbocycles. The van der Waals surface area contributed by atoms with E-state index in [1.165, 1.54) is 0 Å². The van der Waals surface area contributed by atoms with Crippen LogP contribution in [-0.4, -0.2) is 25.7 Å². The molecule has 96 valence electrons. The van der Waals surface area contributed by atoms with Crippen molar-refractivity contribution in [1.29, 1.82) is 0 Å². The maximum atomic E-state index is 5.98.